The summed E-state index contributed by atoms with van der Waals surface area (Å²) in [5, 5.41) is 4.36. The predicted octanol–water partition coefficient (Wildman–Crippen LogP) is 3.03. The fraction of sp³-hybridized carbons (Fsp3) is 0.412. The van der Waals surface area contributed by atoms with Crippen LogP contribution in [0.4, 0.5) is 5.69 Å². The Hall–Kier alpha value is -1.85. The van der Waals surface area contributed by atoms with Gasteiger partial charge in [-0.05, 0) is 42.3 Å². The van der Waals surface area contributed by atoms with Crippen LogP contribution in [0.5, 0.6) is 0 Å². The van der Waals surface area contributed by atoms with Gasteiger partial charge in [0, 0.05) is 11.6 Å². The average Bonchev–Trinajstić information content (AvgIpc) is 2.56. The molecule has 1 heterocycles. The number of hydrogen-bond acceptors (Lipinski definition) is 3. The summed E-state index contributed by atoms with van der Waals surface area (Å²) in [6.07, 6.45) is 7.04. The van der Waals surface area contributed by atoms with Crippen molar-refractivity contribution < 1.29 is 4.79 Å². The van der Waals surface area contributed by atoms with E-state index in [0.29, 0.717) is 16.1 Å². The summed E-state index contributed by atoms with van der Waals surface area (Å²) in [6.45, 7) is 0. The van der Waals surface area contributed by atoms with Crippen molar-refractivity contribution in [2.75, 3.05) is 5.32 Å². The van der Waals surface area contributed by atoms with Gasteiger partial charge in [0.05, 0.1) is 16.8 Å². The lowest BCUT2D eigenvalue weighted by atomic mass is 9.84. The Morgan fingerprint density at radius 3 is 2.78 bits per heavy atom. The normalized spacial score (nSPS) is 17.1. The highest BCUT2D eigenvalue weighted by molar-refractivity contribution is 6.34. The number of hydrogen-bond donors (Lipinski definition) is 3. The van der Waals surface area contributed by atoms with E-state index >= 15 is 0 Å². The number of anilines is 1. The predicted molar refractivity (Wildman–Crippen MR) is 92.8 cm³/mol. The van der Waals surface area contributed by atoms with Crippen LogP contribution in [0.15, 0.2) is 29.2 Å². The molecule has 2 aromatic rings. The molecule has 0 aliphatic heterocycles. The van der Waals surface area contributed by atoms with Crippen LogP contribution in [-0.4, -0.2) is 16.9 Å². The molecule has 1 unspecified atom stereocenters. The first kappa shape index (κ1) is 16.0. The fourth-order valence-electron chi connectivity index (χ4n) is 3.23. The number of aromatic amines is 1. The number of benzene rings is 1. The zero-order valence-corrected chi connectivity index (χ0v) is 13.5. The highest BCUT2D eigenvalue weighted by Gasteiger charge is 2.26. The molecule has 1 aliphatic rings. The molecule has 0 radical (unpaired) electrons. The summed E-state index contributed by atoms with van der Waals surface area (Å²) in [5.74, 6) is 0.00816. The number of carbonyl (C=O) groups excluding carboxylic acids is 1. The zero-order valence-electron chi connectivity index (χ0n) is 12.8. The quantitative estimate of drug-likeness (QED) is 0.806. The smallest absolute Gasteiger partial charge is 0.255 e. The van der Waals surface area contributed by atoms with E-state index in [9.17, 15) is 9.59 Å². The maximum Gasteiger partial charge on any atom is 0.255 e. The minimum atomic E-state index is -0.527. The molecule has 122 valence electrons. The molecule has 6 heteroatoms. The minimum Gasteiger partial charge on any atom is -0.329 e. The van der Waals surface area contributed by atoms with Crippen LogP contribution in [0.2, 0.25) is 5.02 Å². The van der Waals surface area contributed by atoms with Crippen molar-refractivity contribution in [1.29, 1.82) is 0 Å². The molecule has 1 atom stereocenters. The highest BCUT2D eigenvalue weighted by atomic mass is 35.5. The Morgan fingerprint density at radius 2 is 2.04 bits per heavy atom. The van der Waals surface area contributed by atoms with Crippen LogP contribution in [0.3, 0.4) is 0 Å². The van der Waals surface area contributed by atoms with Crippen molar-refractivity contribution >= 4 is 34.0 Å². The largest absolute Gasteiger partial charge is 0.329 e. The highest BCUT2D eigenvalue weighted by Crippen LogP contribution is 2.29. The molecular formula is C17H20ClN3O2. The molecule has 1 amide bonds. The van der Waals surface area contributed by atoms with Crippen LogP contribution in [0, 0.1) is 5.92 Å². The lowest BCUT2D eigenvalue weighted by molar-refractivity contribution is -0.118. The lowest BCUT2D eigenvalue weighted by Gasteiger charge is -2.26. The van der Waals surface area contributed by atoms with Gasteiger partial charge in [-0.3, -0.25) is 9.59 Å². The van der Waals surface area contributed by atoms with Gasteiger partial charge in [-0.2, -0.15) is 0 Å². The third-order valence-electron chi connectivity index (χ3n) is 4.58. The number of pyridine rings is 1. The molecule has 1 saturated carbocycles. The van der Waals surface area contributed by atoms with Crippen molar-refractivity contribution in [3.8, 4) is 0 Å². The monoisotopic (exact) mass is 333 g/mol. The number of carbonyl (C=O) groups is 1. The van der Waals surface area contributed by atoms with Gasteiger partial charge >= 0.3 is 0 Å². The number of rotatable bonds is 3. The van der Waals surface area contributed by atoms with Crippen molar-refractivity contribution in [3.05, 3.63) is 39.8 Å². The number of H-pyrrole nitrogens is 1. The first-order chi connectivity index (χ1) is 11.1. The van der Waals surface area contributed by atoms with Gasteiger partial charge in [0.1, 0.15) is 0 Å². The van der Waals surface area contributed by atoms with E-state index < -0.39 is 6.04 Å². The molecular weight excluding hydrogens is 314 g/mol. The van der Waals surface area contributed by atoms with E-state index in [0.717, 1.165) is 31.1 Å². The Kier molecular flexibility index (Phi) is 4.68. The van der Waals surface area contributed by atoms with Crippen LogP contribution in [-0.2, 0) is 4.79 Å². The summed E-state index contributed by atoms with van der Waals surface area (Å²) >= 11 is 6.20. The lowest BCUT2D eigenvalue weighted by Crippen LogP contribution is -2.42. The van der Waals surface area contributed by atoms with Gasteiger partial charge in [0.25, 0.3) is 5.56 Å². The zero-order chi connectivity index (χ0) is 16.4. The third kappa shape index (κ3) is 3.41. The van der Waals surface area contributed by atoms with Gasteiger partial charge in [0.2, 0.25) is 5.91 Å². The van der Waals surface area contributed by atoms with Gasteiger partial charge < -0.3 is 16.0 Å². The van der Waals surface area contributed by atoms with E-state index in [-0.39, 0.29) is 17.4 Å². The van der Waals surface area contributed by atoms with E-state index in [1.54, 1.807) is 24.4 Å². The number of halogens is 1. The van der Waals surface area contributed by atoms with Crippen molar-refractivity contribution in [2.24, 2.45) is 11.7 Å². The number of aromatic nitrogens is 1. The van der Waals surface area contributed by atoms with Crippen molar-refractivity contribution in [3.63, 3.8) is 0 Å². The third-order valence-corrected chi connectivity index (χ3v) is 4.89. The minimum absolute atomic E-state index is 0.207. The molecule has 4 N–H and O–H groups in total. The molecule has 5 nitrogen and oxygen atoms in total. The van der Waals surface area contributed by atoms with Gasteiger partial charge in [-0.15, -0.1) is 0 Å². The molecule has 3 rings (SSSR count). The SMILES string of the molecule is NC(C(=O)Nc1cc2cc[nH]c(=O)c2cc1Cl)C1CCCCC1. The number of nitrogens with one attached hydrogen (secondary N) is 2. The van der Waals surface area contributed by atoms with Crippen LogP contribution in [0.25, 0.3) is 10.8 Å². The second-order valence-electron chi connectivity index (χ2n) is 6.14. The van der Waals surface area contributed by atoms with Crippen molar-refractivity contribution in [2.45, 2.75) is 38.1 Å². The molecule has 1 aromatic carbocycles. The summed E-state index contributed by atoms with van der Waals surface area (Å²) < 4.78 is 0. The van der Waals surface area contributed by atoms with E-state index in [1.165, 1.54) is 6.42 Å². The summed E-state index contributed by atoms with van der Waals surface area (Å²) in [4.78, 5) is 26.8. The summed E-state index contributed by atoms with van der Waals surface area (Å²) in [5.41, 5.74) is 6.40. The fourth-order valence-corrected chi connectivity index (χ4v) is 3.44. The first-order valence-corrected chi connectivity index (χ1v) is 8.31. The Labute approximate surface area is 139 Å². The average molecular weight is 334 g/mol. The van der Waals surface area contributed by atoms with Gasteiger partial charge in [-0.25, -0.2) is 0 Å². The first-order valence-electron chi connectivity index (χ1n) is 7.93. The van der Waals surface area contributed by atoms with Crippen molar-refractivity contribution in [1.82, 2.24) is 4.98 Å². The Bertz CT molecular complexity index is 781. The van der Waals surface area contributed by atoms with E-state index in [2.05, 4.69) is 10.3 Å². The van der Waals surface area contributed by atoms with E-state index in [4.69, 9.17) is 17.3 Å². The van der Waals surface area contributed by atoms with Gasteiger partial charge in [-0.1, -0.05) is 30.9 Å². The van der Waals surface area contributed by atoms with Crippen LogP contribution < -0.4 is 16.6 Å². The Balaban J connectivity index is 1.81. The maximum atomic E-state index is 12.4. The van der Waals surface area contributed by atoms with Crippen LogP contribution >= 0.6 is 11.6 Å². The van der Waals surface area contributed by atoms with Gasteiger partial charge in [0.15, 0.2) is 0 Å². The second-order valence-corrected chi connectivity index (χ2v) is 6.55. The molecule has 1 fully saturated rings. The molecule has 0 spiro atoms. The molecule has 0 bridgehead atoms. The van der Waals surface area contributed by atoms with Crippen LogP contribution in [0.1, 0.15) is 32.1 Å². The number of nitrogens with two attached hydrogens (primary N) is 1. The number of fused-ring (bicyclic) bond motifs is 1. The number of amides is 1. The molecule has 0 saturated heterocycles. The molecule has 1 aromatic heterocycles. The maximum absolute atomic E-state index is 12.4. The second kappa shape index (κ2) is 6.72. The topological polar surface area (TPSA) is 88.0 Å². The summed E-state index contributed by atoms with van der Waals surface area (Å²) in [7, 11) is 0. The molecule has 1 aliphatic carbocycles. The van der Waals surface area contributed by atoms with E-state index in [1.807, 2.05) is 0 Å². The summed E-state index contributed by atoms with van der Waals surface area (Å²) in [6, 6.07) is 4.51. The molecule has 23 heavy (non-hydrogen) atoms. The standard InChI is InChI=1S/C17H20ClN3O2/c18-13-9-12-11(6-7-20-16(12)22)8-14(13)21-17(23)15(19)10-4-2-1-3-5-10/h6-10,15H,1-5,19H2,(H,20,22)(H,21,23). The Morgan fingerprint density at radius 1 is 1.30 bits per heavy atom.